The summed E-state index contributed by atoms with van der Waals surface area (Å²) in [5, 5.41) is 0. The molecule has 39 heavy (non-hydrogen) atoms. The van der Waals surface area contributed by atoms with E-state index in [1.807, 2.05) is 72.8 Å². The number of unbranched alkanes of at least 4 members (excludes halogenated alkanes) is 2. The van der Waals surface area contributed by atoms with Gasteiger partial charge < -0.3 is 9.80 Å². The van der Waals surface area contributed by atoms with Crippen molar-refractivity contribution in [2.24, 2.45) is 0 Å². The molecule has 0 aliphatic rings. The van der Waals surface area contributed by atoms with Crippen LogP contribution in [-0.4, -0.2) is 27.2 Å². The van der Waals surface area contributed by atoms with E-state index < -0.39 is 23.3 Å². The monoisotopic (exact) mass is 574 g/mol. The van der Waals surface area contributed by atoms with Gasteiger partial charge in [-0.15, -0.1) is 36.4 Å². The molecule has 0 aliphatic carbocycles. The van der Waals surface area contributed by atoms with Crippen LogP contribution >= 0.6 is 0 Å². The third kappa shape index (κ3) is 16.0. The van der Waals surface area contributed by atoms with Crippen LogP contribution in [0.3, 0.4) is 0 Å². The van der Waals surface area contributed by atoms with Gasteiger partial charge >= 0.3 is 21.7 Å². The van der Waals surface area contributed by atoms with Gasteiger partial charge in [0.1, 0.15) is 0 Å². The molecular weight excluding hydrogens is 536 g/mol. The van der Waals surface area contributed by atoms with Crippen LogP contribution in [0.1, 0.15) is 39.5 Å². The minimum absolute atomic E-state index is 0. The molecule has 4 aromatic carbocycles. The van der Waals surface area contributed by atoms with E-state index in [2.05, 4.69) is 13.8 Å². The van der Waals surface area contributed by atoms with Crippen LogP contribution in [0.2, 0.25) is 0 Å². The zero-order chi connectivity index (χ0) is 28.2. The fourth-order valence-electron chi connectivity index (χ4n) is 3.13. The zero-order valence-electron chi connectivity index (χ0n) is 23.2. The van der Waals surface area contributed by atoms with Crippen LogP contribution in [0.25, 0.3) is 0 Å². The van der Waals surface area contributed by atoms with Crippen molar-refractivity contribution in [3.63, 3.8) is 0 Å². The van der Waals surface area contributed by atoms with Gasteiger partial charge in [-0.25, -0.2) is 41.8 Å². The molecule has 0 saturated heterocycles. The predicted octanol–water partition coefficient (Wildman–Crippen LogP) is 8.81. The predicted molar refractivity (Wildman–Crippen MR) is 151 cm³/mol. The van der Waals surface area contributed by atoms with E-state index in [0.29, 0.717) is 11.4 Å². The first-order chi connectivity index (χ1) is 18.3. The van der Waals surface area contributed by atoms with Gasteiger partial charge in [0.2, 0.25) is 0 Å². The topological polar surface area (TPSA) is 6.48 Å². The summed E-state index contributed by atoms with van der Waals surface area (Å²) in [5.41, 5.74) is 0.805. The molecule has 4 rings (SSSR count). The maximum atomic E-state index is 13.2. The van der Waals surface area contributed by atoms with Gasteiger partial charge in [-0.3, -0.25) is 0 Å². The second-order valence-corrected chi connectivity index (χ2v) is 8.49. The van der Waals surface area contributed by atoms with Crippen LogP contribution < -0.4 is 9.80 Å². The Balaban J connectivity index is 0.000000537. The SMILES string of the molecule is CCCCN(C)c1ccc(F)[c-]c1F.CCCCN(C)c1ccc(F)[c-]c1F.[Ti+4].c1cc[cH-]c1.c1cc[cH-]c1. The smallest absolute Gasteiger partial charge is 0.424 e. The largest absolute Gasteiger partial charge is 4.00 e. The molecular formula is C32H38F4N2Ti. The number of hydrogen-bond acceptors (Lipinski definition) is 2. The van der Waals surface area contributed by atoms with Crippen LogP contribution in [-0.2, 0) is 21.7 Å². The molecule has 2 nitrogen and oxygen atoms in total. The third-order valence-corrected chi connectivity index (χ3v) is 5.31. The number of halogens is 4. The summed E-state index contributed by atoms with van der Waals surface area (Å²) in [6.07, 6.45) is 4.09. The molecule has 0 fully saturated rings. The average Bonchev–Trinajstić information content (AvgIpc) is 3.66. The van der Waals surface area contributed by atoms with Crippen molar-refractivity contribution in [1.29, 1.82) is 0 Å². The number of hydrogen-bond donors (Lipinski definition) is 0. The molecule has 0 saturated carbocycles. The molecule has 0 spiro atoms. The van der Waals surface area contributed by atoms with Crippen LogP contribution in [0.5, 0.6) is 0 Å². The summed E-state index contributed by atoms with van der Waals surface area (Å²) >= 11 is 0. The number of nitrogens with zero attached hydrogens (tertiary/aromatic N) is 2. The van der Waals surface area contributed by atoms with Gasteiger partial charge in [0.15, 0.2) is 0 Å². The van der Waals surface area contributed by atoms with Crippen molar-refractivity contribution in [1.82, 2.24) is 0 Å². The third-order valence-electron chi connectivity index (χ3n) is 5.31. The Bertz CT molecular complexity index is 964. The molecule has 0 unspecified atom stereocenters. The van der Waals surface area contributed by atoms with Crippen molar-refractivity contribution in [3.8, 4) is 0 Å². The Kier molecular flexibility index (Phi) is 20.4. The van der Waals surface area contributed by atoms with Gasteiger partial charge in [-0.1, -0.05) is 26.7 Å². The molecule has 208 valence electrons. The Morgan fingerprint density at radius 2 is 0.949 bits per heavy atom. The van der Waals surface area contributed by atoms with E-state index in [1.165, 1.54) is 24.3 Å². The molecule has 7 heteroatoms. The fraction of sp³-hybridized carbons (Fsp3) is 0.312. The number of rotatable bonds is 8. The summed E-state index contributed by atoms with van der Waals surface area (Å²) in [4.78, 5) is 3.55. The van der Waals surface area contributed by atoms with E-state index in [9.17, 15) is 17.6 Å². The zero-order valence-corrected chi connectivity index (χ0v) is 24.8. The Hall–Kier alpha value is -2.83. The van der Waals surface area contributed by atoms with Crippen LogP contribution in [0.15, 0.2) is 84.9 Å². The second-order valence-electron chi connectivity index (χ2n) is 8.49. The minimum Gasteiger partial charge on any atom is -0.424 e. The molecule has 0 bridgehead atoms. The second kappa shape index (κ2) is 22.0. The molecule has 0 amide bonds. The molecule has 0 aliphatic heterocycles. The van der Waals surface area contributed by atoms with Gasteiger partial charge in [-0.05, 0) is 38.3 Å². The van der Waals surface area contributed by atoms with Gasteiger partial charge in [0, 0.05) is 36.4 Å². The normalized spacial score (nSPS) is 9.44. The number of benzene rings is 2. The van der Waals surface area contributed by atoms with E-state index in [1.54, 1.807) is 23.9 Å². The van der Waals surface area contributed by atoms with Crippen molar-refractivity contribution in [3.05, 3.63) is 120 Å². The molecule has 0 radical (unpaired) electrons. The van der Waals surface area contributed by atoms with Crippen molar-refractivity contribution >= 4 is 11.4 Å². The summed E-state index contributed by atoms with van der Waals surface area (Å²) < 4.78 is 51.5. The van der Waals surface area contributed by atoms with Crippen molar-refractivity contribution in [2.45, 2.75) is 39.5 Å². The summed E-state index contributed by atoms with van der Waals surface area (Å²) in [6.45, 7) is 5.68. The molecule has 0 heterocycles. The van der Waals surface area contributed by atoms with E-state index in [4.69, 9.17) is 0 Å². The van der Waals surface area contributed by atoms with E-state index in [-0.39, 0.29) is 21.7 Å². The molecule has 0 N–H and O–H groups in total. The van der Waals surface area contributed by atoms with Crippen LogP contribution in [0, 0.1) is 35.4 Å². The maximum absolute atomic E-state index is 13.2. The van der Waals surface area contributed by atoms with Crippen molar-refractivity contribution in [2.75, 3.05) is 37.0 Å². The molecule has 0 aromatic heterocycles. The maximum Gasteiger partial charge on any atom is 4.00 e. The minimum atomic E-state index is -0.657. The quantitative estimate of drug-likeness (QED) is 0.118. The Labute approximate surface area is 246 Å². The molecule has 4 aromatic rings. The van der Waals surface area contributed by atoms with Gasteiger partial charge in [0.25, 0.3) is 0 Å². The summed E-state index contributed by atoms with van der Waals surface area (Å²) in [5.74, 6) is -2.56. The fourth-order valence-corrected chi connectivity index (χ4v) is 3.13. The van der Waals surface area contributed by atoms with Gasteiger partial charge in [-0.2, -0.15) is 36.4 Å². The van der Waals surface area contributed by atoms with E-state index >= 15 is 0 Å². The average molecular weight is 575 g/mol. The standard InChI is InChI=1S/2C11H14F2N.2C5H5.Ti/c2*1-3-4-7-14(2)11-6-5-9(12)8-10(11)13;2*1-2-4-5-3-1;/h2*5-6H,3-4,7H2,1-2H3;2*1-5H;/q4*-1;+4. The van der Waals surface area contributed by atoms with Crippen molar-refractivity contribution < 1.29 is 39.3 Å². The van der Waals surface area contributed by atoms with Crippen LogP contribution in [0.4, 0.5) is 28.9 Å². The first-order valence-corrected chi connectivity index (χ1v) is 12.8. The first kappa shape index (κ1) is 36.2. The summed E-state index contributed by atoms with van der Waals surface area (Å²) in [7, 11) is 3.58. The molecule has 0 atom stereocenters. The van der Waals surface area contributed by atoms with Gasteiger partial charge in [0.05, 0.1) is 0 Å². The Morgan fingerprint density at radius 1 is 0.615 bits per heavy atom. The van der Waals surface area contributed by atoms with E-state index in [0.717, 1.165) is 38.8 Å². The summed E-state index contributed by atoms with van der Waals surface area (Å²) in [6, 6.07) is 29.4. The first-order valence-electron chi connectivity index (χ1n) is 12.8. The Morgan fingerprint density at radius 3 is 1.18 bits per heavy atom. The number of anilines is 2.